The van der Waals surface area contributed by atoms with Crippen LogP contribution in [0.2, 0.25) is 0 Å². The lowest BCUT2D eigenvalue weighted by Crippen LogP contribution is -2.30. The lowest BCUT2D eigenvalue weighted by molar-refractivity contribution is -0.129. The number of phenols is 1. The van der Waals surface area contributed by atoms with Crippen LogP contribution in [0.15, 0.2) is 36.4 Å². The third-order valence-corrected chi connectivity index (χ3v) is 5.18. The maximum atomic E-state index is 12.8. The number of phenolic OH excluding ortho intramolecular Hbond substituents is 1. The van der Waals surface area contributed by atoms with E-state index in [4.69, 9.17) is 14.2 Å². The summed E-state index contributed by atoms with van der Waals surface area (Å²) in [5.41, 5.74) is 2.02. The highest BCUT2D eigenvalue weighted by Crippen LogP contribution is 2.38. The van der Waals surface area contributed by atoms with Crippen LogP contribution in [0.1, 0.15) is 17.5 Å². The molecule has 1 unspecified atom stereocenters. The molecule has 2 aromatic carbocycles. The predicted molar refractivity (Wildman–Crippen MR) is 106 cm³/mol. The van der Waals surface area contributed by atoms with Crippen LogP contribution in [0.3, 0.4) is 0 Å². The number of hydrogen-bond acceptors (Lipinski definition) is 5. The van der Waals surface area contributed by atoms with Crippen molar-refractivity contribution in [2.75, 3.05) is 34.4 Å². The second-order valence-electron chi connectivity index (χ2n) is 7.08. The Hall–Kier alpha value is -2.89. The van der Waals surface area contributed by atoms with Crippen molar-refractivity contribution in [3.8, 4) is 23.0 Å². The molecule has 1 amide bonds. The standard InChI is InChI=1S/C22H27NO5/c1-26-19-11-17(12-20(27-2)22(19)28-3)13-21(25)23-9-8-16(14-23)10-15-4-6-18(24)7-5-15/h4-7,11-12,16,24H,8-10,13-14H2,1-3H3. The van der Waals surface area contributed by atoms with Crippen LogP contribution in [-0.2, 0) is 17.6 Å². The van der Waals surface area contributed by atoms with Crippen LogP contribution >= 0.6 is 0 Å². The Bertz CT molecular complexity index is 793. The van der Waals surface area contributed by atoms with Gasteiger partial charge in [0.05, 0.1) is 27.8 Å². The van der Waals surface area contributed by atoms with Crippen molar-refractivity contribution >= 4 is 5.91 Å². The van der Waals surface area contributed by atoms with Gasteiger partial charge in [-0.1, -0.05) is 12.1 Å². The van der Waals surface area contributed by atoms with Crippen molar-refractivity contribution in [2.45, 2.75) is 19.3 Å². The maximum absolute atomic E-state index is 12.8. The Morgan fingerprint density at radius 1 is 1.04 bits per heavy atom. The van der Waals surface area contributed by atoms with Crippen LogP contribution in [0.4, 0.5) is 0 Å². The predicted octanol–water partition coefficient (Wildman–Crippen LogP) is 3.05. The van der Waals surface area contributed by atoms with E-state index in [-0.39, 0.29) is 11.7 Å². The van der Waals surface area contributed by atoms with Crippen LogP contribution in [-0.4, -0.2) is 50.3 Å². The van der Waals surface area contributed by atoms with Crippen LogP contribution in [0, 0.1) is 5.92 Å². The van der Waals surface area contributed by atoms with Crippen molar-refractivity contribution < 1.29 is 24.1 Å². The number of hydrogen-bond donors (Lipinski definition) is 1. The Morgan fingerprint density at radius 2 is 1.68 bits per heavy atom. The molecule has 0 bridgehead atoms. The van der Waals surface area contributed by atoms with Crippen LogP contribution < -0.4 is 14.2 Å². The molecular weight excluding hydrogens is 358 g/mol. The summed E-state index contributed by atoms with van der Waals surface area (Å²) in [5, 5.41) is 9.40. The quantitative estimate of drug-likeness (QED) is 0.793. The minimum Gasteiger partial charge on any atom is -0.508 e. The van der Waals surface area contributed by atoms with Gasteiger partial charge < -0.3 is 24.2 Å². The number of methoxy groups -OCH3 is 3. The molecule has 1 fully saturated rings. The van der Waals surface area contributed by atoms with Gasteiger partial charge in [0.15, 0.2) is 11.5 Å². The monoisotopic (exact) mass is 385 g/mol. The molecule has 1 heterocycles. The summed E-state index contributed by atoms with van der Waals surface area (Å²) < 4.78 is 16.1. The highest BCUT2D eigenvalue weighted by molar-refractivity contribution is 5.79. The summed E-state index contributed by atoms with van der Waals surface area (Å²) in [4.78, 5) is 14.7. The Labute approximate surface area is 165 Å². The first-order valence-electron chi connectivity index (χ1n) is 9.38. The van der Waals surface area contributed by atoms with Gasteiger partial charge in [-0.05, 0) is 54.2 Å². The largest absolute Gasteiger partial charge is 0.508 e. The number of benzene rings is 2. The number of ether oxygens (including phenoxy) is 3. The third kappa shape index (κ3) is 4.50. The van der Waals surface area contributed by atoms with E-state index in [1.807, 2.05) is 29.2 Å². The highest BCUT2D eigenvalue weighted by atomic mass is 16.5. The smallest absolute Gasteiger partial charge is 0.227 e. The van der Waals surface area contributed by atoms with E-state index < -0.39 is 0 Å². The molecule has 1 aliphatic rings. The Kier molecular flexibility index (Phi) is 6.29. The van der Waals surface area contributed by atoms with Gasteiger partial charge in [0.1, 0.15) is 5.75 Å². The number of aromatic hydroxyl groups is 1. The van der Waals surface area contributed by atoms with Gasteiger partial charge in [-0.3, -0.25) is 4.79 Å². The maximum Gasteiger partial charge on any atom is 0.227 e. The zero-order chi connectivity index (χ0) is 20.1. The van der Waals surface area contributed by atoms with Gasteiger partial charge in [0.25, 0.3) is 0 Å². The number of likely N-dealkylation sites (tertiary alicyclic amines) is 1. The minimum atomic E-state index is 0.0995. The molecule has 3 rings (SSSR count). The molecule has 0 aromatic heterocycles. The summed E-state index contributed by atoms with van der Waals surface area (Å²) in [7, 11) is 4.69. The molecule has 1 saturated heterocycles. The van der Waals surface area contributed by atoms with Gasteiger partial charge in [-0.25, -0.2) is 0 Å². The minimum absolute atomic E-state index is 0.0995. The van der Waals surface area contributed by atoms with E-state index in [0.717, 1.165) is 31.5 Å². The Balaban J connectivity index is 1.63. The first kappa shape index (κ1) is 19.9. The van der Waals surface area contributed by atoms with E-state index in [1.165, 1.54) is 5.56 Å². The molecular formula is C22H27NO5. The first-order valence-corrected chi connectivity index (χ1v) is 9.38. The molecule has 0 radical (unpaired) electrons. The summed E-state index contributed by atoms with van der Waals surface area (Å²) >= 11 is 0. The van der Waals surface area contributed by atoms with Crippen molar-refractivity contribution in [1.29, 1.82) is 0 Å². The number of carbonyl (C=O) groups excluding carboxylic acids is 1. The molecule has 0 aliphatic carbocycles. The Morgan fingerprint density at radius 3 is 2.25 bits per heavy atom. The molecule has 0 spiro atoms. The summed E-state index contributed by atoms with van der Waals surface area (Å²) in [6, 6.07) is 10.9. The lowest BCUT2D eigenvalue weighted by atomic mass is 9.99. The van der Waals surface area contributed by atoms with Crippen molar-refractivity contribution in [3.05, 3.63) is 47.5 Å². The summed E-state index contributed by atoms with van der Waals surface area (Å²) in [5.74, 6) is 2.44. The van der Waals surface area contributed by atoms with Crippen molar-refractivity contribution in [2.24, 2.45) is 5.92 Å². The van der Waals surface area contributed by atoms with Crippen LogP contribution in [0.5, 0.6) is 23.0 Å². The average Bonchev–Trinajstić information content (AvgIpc) is 3.17. The van der Waals surface area contributed by atoms with E-state index in [0.29, 0.717) is 29.6 Å². The summed E-state index contributed by atoms with van der Waals surface area (Å²) in [6.45, 7) is 1.52. The second-order valence-corrected chi connectivity index (χ2v) is 7.08. The van der Waals surface area contributed by atoms with E-state index in [9.17, 15) is 9.90 Å². The van der Waals surface area contributed by atoms with Gasteiger partial charge in [0.2, 0.25) is 11.7 Å². The van der Waals surface area contributed by atoms with E-state index >= 15 is 0 Å². The average molecular weight is 385 g/mol. The molecule has 1 N–H and O–H groups in total. The zero-order valence-corrected chi connectivity index (χ0v) is 16.6. The fourth-order valence-corrected chi connectivity index (χ4v) is 3.72. The number of rotatable bonds is 7. The van der Waals surface area contributed by atoms with Crippen molar-refractivity contribution in [1.82, 2.24) is 4.90 Å². The molecule has 150 valence electrons. The highest BCUT2D eigenvalue weighted by Gasteiger charge is 2.27. The molecule has 6 nitrogen and oxygen atoms in total. The topological polar surface area (TPSA) is 68.2 Å². The molecule has 1 aliphatic heterocycles. The lowest BCUT2D eigenvalue weighted by Gasteiger charge is -2.18. The van der Waals surface area contributed by atoms with Gasteiger partial charge in [-0.2, -0.15) is 0 Å². The molecule has 0 saturated carbocycles. The second kappa shape index (κ2) is 8.87. The number of amides is 1. The number of carbonyl (C=O) groups is 1. The SMILES string of the molecule is COc1cc(CC(=O)N2CCC(Cc3ccc(O)cc3)C2)cc(OC)c1OC. The number of nitrogens with zero attached hydrogens (tertiary/aromatic N) is 1. The summed E-state index contributed by atoms with van der Waals surface area (Å²) in [6.07, 6.45) is 2.19. The van der Waals surface area contributed by atoms with Crippen molar-refractivity contribution in [3.63, 3.8) is 0 Å². The normalized spacial score (nSPS) is 16.1. The molecule has 1 atom stereocenters. The fourth-order valence-electron chi connectivity index (χ4n) is 3.72. The molecule has 2 aromatic rings. The van der Waals surface area contributed by atoms with E-state index in [2.05, 4.69) is 0 Å². The third-order valence-electron chi connectivity index (χ3n) is 5.18. The molecule has 28 heavy (non-hydrogen) atoms. The van der Waals surface area contributed by atoms with E-state index in [1.54, 1.807) is 33.5 Å². The fraction of sp³-hybridized carbons (Fsp3) is 0.409. The van der Waals surface area contributed by atoms with Gasteiger partial charge in [-0.15, -0.1) is 0 Å². The van der Waals surface area contributed by atoms with Gasteiger partial charge in [0, 0.05) is 13.1 Å². The van der Waals surface area contributed by atoms with Crippen LogP contribution in [0.25, 0.3) is 0 Å². The van der Waals surface area contributed by atoms with Gasteiger partial charge >= 0.3 is 0 Å². The molecule has 6 heteroatoms. The first-order chi connectivity index (χ1) is 13.5. The zero-order valence-electron chi connectivity index (χ0n) is 16.6.